The minimum Gasteiger partial charge on any atom is -0.384 e. The number of ketones is 1. The molecular weight excluding hydrogens is 466 g/mol. The van der Waals surface area contributed by atoms with Gasteiger partial charge in [-0.3, -0.25) is 19.1 Å². The van der Waals surface area contributed by atoms with Crippen molar-refractivity contribution in [1.29, 1.82) is 0 Å². The molecule has 2 fully saturated rings. The van der Waals surface area contributed by atoms with Gasteiger partial charge in [0.1, 0.15) is 16.3 Å². The molecule has 0 bridgehead atoms. The van der Waals surface area contributed by atoms with Crippen molar-refractivity contribution in [2.45, 2.75) is 67.0 Å². The van der Waals surface area contributed by atoms with Gasteiger partial charge in [-0.2, -0.15) is 4.31 Å². The zero-order valence-electron chi connectivity index (χ0n) is 18.3. The van der Waals surface area contributed by atoms with E-state index in [2.05, 4.69) is 9.97 Å². The van der Waals surface area contributed by atoms with E-state index in [1.54, 1.807) is 7.05 Å². The van der Waals surface area contributed by atoms with Crippen LogP contribution in [0.25, 0.3) is 0 Å². The molecule has 3 N–H and O–H groups in total. The number of anilines is 1. The van der Waals surface area contributed by atoms with Crippen LogP contribution >= 0.6 is 11.8 Å². The van der Waals surface area contributed by atoms with Crippen LogP contribution in [0, 0.1) is 0 Å². The monoisotopic (exact) mass is 493 g/mol. The maximum absolute atomic E-state index is 12.9. The maximum Gasteiger partial charge on any atom is 0.330 e. The molecule has 12 heteroatoms. The number of hydrogen-bond acceptors (Lipinski definition) is 8. The van der Waals surface area contributed by atoms with E-state index >= 15 is 0 Å². The Balaban J connectivity index is 1.45. The van der Waals surface area contributed by atoms with E-state index in [9.17, 15) is 22.8 Å². The van der Waals surface area contributed by atoms with Crippen LogP contribution in [0.15, 0.2) is 37.8 Å². The number of H-pyrrole nitrogens is 1. The molecule has 0 spiro atoms. The number of sulfonamides is 1. The van der Waals surface area contributed by atoms with E-state index < -0.39 is 27.1 Å². The number of hydrogen-bond donors (Lipinski definition) is 2. The topological polar surface area (TPSA) is 148 Å². The van der Waals surface area contributed by atoms with Crippen LogP contribution in [-0.2, 0) is 10.0 Å². The number of carbonyl (C=O) groups is 1. The van der Waals surface area contributed by atoms with E-state index in [0.717, 1.165) is 56.7 Å². The third kappa shape index (κ3) is 4.92. The van der Waals surface area contributed by atoms with Crippen molar-refractivity contribution in [3.8, 4) is 0 Å². The Kier molecular flexibility index (Phi) is 6.78. The number of aromatic nitrogens is 3. The molecule has 0 atom stereocenters. The molecule has 0 aliphatic heterocycles. The molecule has 2 aromatic rings. The molecule has 2 heterocycles. The summed E-state index contributed by atoms with van der Waals surface area (Å²) in [6.07, 6.45) is 7.73. The van der Waals surface area contributed by atoms with Gasteiger partial charge in [0, 0.05) is 25.3 Å². The van der Waals surface area contributed by atoms with Gasteiger partial charge in [-0.05, 0) is 37.8 Å². The number of Topliss-reactive ketones (excluding diaryl/α,β-unsaturated/α-hetero) is 1. The molecule has 0 radical (unpaired) electrons. The molecule has 33 heavy (non-hydrogen) atoms. The zero-order chi connectivity index (χ0) is 23.8. The molecule has 0 aromatic carbocycles. The smallest absolute Gasteiger partial charge is 0.330 e. The van der Waals surface area contributed by atoms with Gasteiger partial charge in [0.25, 0.3) is 5.56 Å². The molecular formula is C21H27N5O5S2. The van der Waals surface area contributed by atoms with Gasteiger partial charge in [-0.15, -0.1) is 0 Å². The van der Waals surface area contributed by atoms with Gasteiger partial charge in [-0.1, -0.05) is 31.0 Å². The van der Waals surface area contributed by atoms with Crippen molar-refractivity contribution < 1.29 is 13.2 Å². The highest BCUT2D eigenvalue weighted by Gasteiger charge is 2.31. The van der Waals surface area contributed by atoms with Crippen LogP contribution in [0.2, 0.25) is 0 Å². The SMILES string of the molecule is CN(C1CCCCC1)S(=O)(=O)c1ccc(SCC(=O)c2c(N)n(C3CC3)c(=O)[nH]c2=O)nc1. The number of pyridine rings is 1. The van der Waals surface area contributed by atoms with E-state index in [4.69, 9.17) is 5.73 Å². The predicted molar refractivity (Wildman–Crippen MR) is 125 cm³/mol. The fourth-order valence-electron chi connectivity index (χ4n) is 4.15. The number of nitrogens with one attached hydrogen (secondary N) is 1. The number of nitrogens with zero attached hydrogens (tertiary/aromatic N) is 3. The molecule has 0 unspecified atom stereocenters. The van der Waals surface area contributed by atoms with Gasteiger partial charge in [-0.25, -0.2) is 18.2 Å². The fraction of sp³-hybridized carbons (Fsp3) is 0.524. The Morgan fingerprint density at radius 2 is 1.91 bits per heavy atom. The van der Waals surface area contributed by atoms with Crippen molar-refractivity contribution in [3.05, 3.63) is 44.7 Å². The third-order valence-corrected chi connectivity index (χ3v) is 9.04. The van der Waals surface area contributed by atoms with Gasteiger partial charge >= 0.3 is 5.69 Å². The summed E-state index contributed by atoms with van der Waals surface area (Å²) in [5, 5.41) is 0.438. The normalized spacial score (nSPS) is 17.4. The first-order chi connectivity index (χ1) is 15.7. The highest BCUT2D eigenvalue weighted by atomic mass is 32.2. The second-order valence-corrected chi connectivity index (χ2v) is 11.5. The van der Waals surface area contributed by atoms with Crippen LogP contribution in [0.3, 0.4) is 0 Å². The highest BCUT2D eigenvalue weighted by Crippen LogP contribution is 2.35. The van der Waals surface area contributed by atoms with Crippen LogP contribution in [0.4, 0.5) is 5.82 Å². The quantitative estimate of drug-likeness (QED) is 0.418. The average Bonchev–Trinajstić information content (AvgIpc) is 3.62. The second kappa shape index (κ2) is 9.43. The fourth-order valence-corrected chi connectivity index (χ4v) is 6.23. The summed E-state index contributed by atoms with van der Waals surface area (Å²) in [5.41, 5.74) is 4.33. The minimum absolute atomic E-state index is 0.00196. The van der Waals surface area contributed by atoms with E-state index in [1.165, 1.54) is 27.2 Å². The number of nitrogens with two attached hydrogens (primary N) is 1. The second-order valence-electron chi connectivity index (χ2n) is 8.48. The molecule has 2 aliphatic carbocycles. The third-order valence-electron chi connectivity index (χ3n) is 6.20. The molecule has 2 saturated carbocycles. The lowest BCUT2D eigenvalue weighted by molar-refractivity contribution is 0.102. The molecule has 0 amide bonds. The summed E-state index contributed by atoms with van der Waals surface area (Å²) >= 11 is 1.07. The molecule has 2 aliphatic rings. The minimum atomic E-state index is -3.65. The lowest BCUT2D eigenvalue weighted by Gasteiger charge is -2.30. The maximum atomic E-state index is 12.9. The van der Waals surface area contributed by atoms with Crippen molar-refractivity contribution in [2.24, 2.45) is 0 Å². The molecule has 10 nitrogen and oxygen atoms in total. The van der Waals surface area contributed by atoms with Gasteiger partial charge < -0.3 is 5.73 Å². The average molecular weight is 494 g/mol. The van der Waals surface area contributed by atoms with Crippen LogP contribution in [0.5, 0.6) is 0 Å². The number of aromatic amines is 1. The molecule has 2 aromatic heterocycles. The predicted octanol–water partition coefficient (Wildman–Crippen LogP) is 1.78. The Labute approximate surface area is 195 Å². The first-order valence-corrected chi connectivity index (χ1v) is 13.4. The van der Waals surface area contributed by atoms with Crippen molar-refractivity contribution in [3.63, 3.8) is 0 Å². The summed E-state index contributed by atoms with van der Waals surface area (Å²) in [6.45, 7) is 0. The van der Waals surface area contributed by atoms with Crippen LogP contribution < -0.4 is 17.0 Å². The van der Waals surface area contributed by atoms with Gasteiger partial charge in [0.2, 0.25) is 10.0 Å². The summed E-state index contributed by atoms with van der Waals surface area (Å²) in [4.78, 5) is 43.3. The first kappa shape index (κ1) is 23.7. The van der Waals surface area contributed by atoms with E-state index in [1.807, 2.05) is 0 Å². The zero-order valence-corrected chi connectivity index (χ0v) is 20.0. The Hall–Kier alpha value is -2.44. The first-order valence-electron chi connectivity index (χ1n) is 10.9. The van der Waals surface area contributed by atoms with Crippen molar-refractivity contribution in [1.82, 2.24) is 18.8 Å². The number of carbonyl (C=O) groups excluding carboxylic acids is 1. The highest BCUT2D eigenvalue weighted by molar-refractivity contribution is 7.99. The van der Waals surface area contributed by atoms with Crippen molar-refractivity contribution in [2.75, 3.05) is 18.5 Å². The largest absolute Gasteiger partial charge is 0.384 e. The standard InChI is InChI=1S/C21H27N5O5S2/c1-25(13-5-3-2-4-6-13)33(30,31)15-9-10-17(23-11-15)32-12-16(27)18-19(22)26(14-7-8-14)21(29)24-20(18)28/h9-11,13-14H,2-8,12,22H2,1H3,(H,24,28,29). The summed E-state index contributed by atoms with van der Waals surface area (Å²) < 4.78 is 28.6. The summed E-state index contributed by atoms with van der Waals surface area (Å²) in [5.74, 6) is -0.766. The van der Waals surface area contributed by atoms with Crippen LogP contribution in [0.1, 0.15) is 61.3 Å². The molecule has 0 saturated heterocycles. The molecule has 178 valence electrons. The number of nitrogen functional groups attached to an aromatic ring is 1. The van der Waals surface area contributed by atoms with E-state index in [0.29, 0.717) is 5.03 Å². The lowest BCUT2D eigenvalue weighted by atomic mass is 9.96. The Bertz CT molecular complexity index is 1260. The number of thioether (sulfide) groups is 1. The Morgan fingerprint density at radius 1 is 1.21 bits per heavy atom. The lowest BCUT2D eigenvalue weighted by Crippen LogP contribution is -2.38. The van der Waals surface area contributed by atoms with Crippen LogP contribution in [-0.4, -0.2) is 51.9 Å². The van der Waals surface area contributed by atoms with Crippen molar-refractivity contribution >= 4 is 33.4 Å². The van der Waals surface area contributed by atoms with Gasteiger partial charge in [0.15, 0.2) is 5.78 Å². The summed E-state index contributed by atoms with van der Waals surface area (Å²) in [6, 6.07) is 2.93. The van der Waals surface area contributed by atoms with E-state index in [-0.39, 0.29) is 34.1 Å². The summed E-state index contributed by atoms with van der Waals surface area (Å²) in [7, 11) is -2.04. The Morgan fingerprint density at radius 3 is 2.52 bits per heavy atom. The molecule has 4 rings (SSSR count). The van der Waals surface area contributed by atoms with Gasteiger partial charge in [0.05, 0.1) is 10.8 Å². The number of rotatable bonds is 8.